The van der Waals surface area contributed by atoms with E-state index in [4.69, 9.17) is 12.2 Å². The molecule has 0 aliphatic carbocycles. The third-order valence-electron chi connectivity index (χ3n) is 5.39. The summed E-state index contributed by atoms with van der Waals surface area (Å²) in [4.78, 5) is 38.6. The lowest BCUT2D eigenvalue weighted by atomic mass is 9.87. The van der Waals surface area contributed by atoms with E-state index in [1.165, 1.54) is 0 Å². The number of hydrogen-bond acceptors (Lipinski definition) is 6. The van der Waals surface area contributed by atoms with Crippen LogP contribution in [0.3, 0.4) is 0 Å². The van der Waals surface area contributed by atoms with E-state index in [0.29, 0.717) is 32.3 Å². The third-order valence-corrected chi connectivity index (χ3v) is 6.40. The smallest absolute Gasteiger partial charge is 0.255 e. The van der Waals surface area contributed by atoms with E-state index in [-0.39, 0.29) is 23.1 Å². The Morgan fingerprint density at radius 3 is 2.28 bits per heavy atom. The molecule has 0 fully saturated rings. The van der Waals surface area contributed by atoms with Gasteiger partial charge in [-0.3, -0.25) is 24.8 Å². The van der Waals surface area contributed by atoms with Gasteiger partial charge in [-0.05, 0) is 65.9 Å². The summed E-state index contributed by atoms with van der Waals surface area (Å²) in [6.07, 6.45) is 0.439. The van der Waals surface area contributed by atoms with Crippen molar-refractivity contribution in [3.8, 4) is 0 Å². The number of rotatable bonds is 8. The Labute approximate surface area is 219 Å². The van der Waals surface area contributed by atoms with Crippen molar-refractivity contribution < 1.29 is 14.4 Å². The van der Waals surface area contributed by atoms with E-state index >= 15 is 0 Å². The highest BCUT2D eigenvalue weighted by Gasteiger charge is 2.24. The second-order valence-corrected chi connectivity index (χ2v) is 11.6. The molecule has 3 aromatic rings. The third kappa shape index (κ3) is 7.56. The lowest BCUT2D eigenvalue weighted by Gasteiger charge is -2.20. The summed E-state index contributed by atoms with van der Waals surface area (Å²) in [7, 11) is 0. The highest BCUT2D eigenvalue weighted by Crippen LogP contribution is 2.22. The van der Waals surface area contributed by atoms with Crippen LogP contribution in [-0.2, 0) is 10.2 Å². The molecule has 1 heterocycles. The van der Waals surface area contributed by atoms with Gasteiger partial charge in [0.25, 0.3) is 11.8 Å². The lowest BCUT2D eigenvalue weighted by Crippen LogP contribution is -2.44. The summed E-state index contributed by atoms with van der Waals surface area (Å²) in [6, 6.07) is 13.3. The van der Waals surface area contributed by atoms with Crippen LogP contribution >= 0.6 is 23.6 Å². The quantitative estimate of drug-likeness (QED) is 0.289. The molecule has 1 aromatic heterocycles. The number of H-pyrrole nitrogens is 1. The molecule has 36 heavy (non-hydrogen) atoms. The molecule has 10 heteroatoms. The van der Waals surface area contributed by atoms with Gasteiger partial charge in [0.2, 0.25) is 11.0 Å². The van der Waals surface area contributed by atoms with Crippen molar-refractivity contribution in [2.24, 2.45) is 5.92 Å². The highest BCUT2D eigenvalue weighted by atomic mass is 32.1. The highest BCUT2D eigenvalue weighted by molar-refractivity contribution is 7.73. The maximum absolute atomic E-state index is 13.0. The Bertz CT molecular complexity index is 1290. The van der Waals surface area contributed by atoms with E-state index in [9.17, 15) is 14.4 Å². The Hall–Kier alpha value is -3.37. The zero-order valence-corrected chi connectivity index (χ0v) is 22.6. The molecule has 0 saturated heterocycles. The molecule has 2 aromatic carbocycles. The van der Waals surface area contributed by atoms with Crippen LogP contribution in [0, 0.1) is 9.87 Å². The van der Waals surface area contributed by atoms with Crippen molar-refractivity contribution in [1.82, 2.24) is 15.5 Å². The first-order chi connectivity index (χ1) is 16.9. The first-order valence-electron chi connectivity index (χ1n) is 11.6. The van der Waals surface area contributed by atoms with E-state index in [1.807, 2.05) is 26.0 Å². The molecule has 3 rings (SSSR count). The van der Waals surface area contributed by atoms with Gasteiger partial charge in [0.05, 0.1) is 0 Å². The monoisotopic (exact) mass is 525 g/mol. The summed E-state index contributed by atoms with van der Waals surface area (Å²) in [5.41, 5.74) is 2.46. The fraction of sp³-hybridized carbons (Fsp3) is 0.346. The van der Waals surface area contributed by atoms with Gasteiger partial charge in [0, 0.05) is 16.8 Å². The molecular formula is C26H31N5O3S2. The van der Waals surface area contributed by atoms with E-state index in [0.717, 1.165) is 16.9 Å². The summed E-state index contributed by atoms with van der Waals surface area (Å²) in [6.45, 7) is 10.3. The van der Waals surface area contributed by atoms with Gasteiger partial charge in [-0.1, -0.05) is 64.2 Å². The standard InChI is InChI=1S/C26H31N5O3S2/c1-15(2)13-20(23(34)29-24-30-31-25(35)36-24)28-22(33)17-7-6-8-19(14-17)27-21(32)16-9-11-18(12-10-16)26(3,4)5/h6-12,14-15,20H,13H2,1-5H3,(H,27,32)(H,28,33)(H,31,35)(H,29,30,34)/t20-/m1/s1. The van der Waals surface area contributed by atoms with Crippen LogP contribution in [0.1, 0.15) is 67.3 Å². The van der Waals surface area contributed by atoms with Crippen molar-refractivity contribution >= 4 is 52.1 Å². The van der Waals surface area contributed by atoms with Crippen LogP contribution in [0.5, 0.6) is 0 Å². The molecule has 0 unspecified atom stereocenters. The van der Waals surface area contributed by atoms with Crippen LogP contribution in [0.4, 0.5) is 10.8 Å². The van der Waals surface area contributed by atoms with E-state index < -0.39 is 11.9 Å². The summed E-state index contributed by atoms with van der Waals surface area (Å²) < 4.78 is 0.443. The number of amides is 3. The number of nitrogens with one attached hydrogen (secondary N) is 4. The minimum atomic E-state index is -0.769. The normalized spacial score (nSPS) is 12.2. The number of nitrogens with zero attached hydrogens (tertiary/aromatic N) is 1. The molecule has 1 atom stereocenters. The summed E-state index contributed by atoms with van der Waals surface area (Å²) in [5, 5.41) is 15.2. The average Bonchev–Trinajstić information content (AvgIpc) is 3.22. The Morgan fingerprint density at radius 1 is 1.00 bits per heavy atom. The fourth-order valence-corrected chi connectivity index (χ4v) is 4.28. The van der Waals surface area contributed by atoms with Crippen molar-refractivity contribution in [3.05, 3.63) is 69.2 Å². The molecule has 4 N–H and O–H groups in total. The molecule has 8 nitrogen and oxygen atoms in total. The Morgan fingerprint density at radius 2 is 1.69 bits per heavy atom. The van der Waals surface area contributed by atoms with Gasteiger partial charge in [0.1, 0.15) is 6.04 Å². The van der Waals surface area contributed by atoms with Crippen LogP contribution in [0.15, 0.2) is 48.5 Å². The molecular weight excluding hydrogens is 494 g/mol. The fourth-order valence-electron chi connectivity index (χ4n) is 3.48. The molecule has 0 aliphatic heterocycles. The predicted molar refractivity (Wildman–Crippen MR) is 146 cm³/mol. The number of aromatic amines is 1. The Balaban J connectivity index is 1.69. The molecule has 190 valence electrons. The van der Waals surface area contributed by atoms with Crippen LogP contribution in [0.25, 0.3) is 0 Å². The van der Waals surface area contributed by atoms with E-state index in [1.54, 1.807) is 36.4 Å². The second-order valence-electron chi connectivity index (χ2n) is 9.93. The molecule has 0 saturated carbocycles. The van der Waals surface area contributed by atoms with Gasteiger partial charge >= 0.3 is 0 Å². The number of carbonyl (C=O) groups excluding carboxylic acids is 3. The lowest BCUT2D eigenvalue weighted by molar-refractivity contribution is -0.118. The maximum Gasteiger partial charge on any atom is 0.255 e. The number of hydrogen-bond donors (Lipinski definition) is 4. The van der Waals surface area contributed by atoms with Crippen LogP contribution < -0.4 is 16.0 Å². The van der Waals surface area contributed by atoms with Gasteiger partial charge in [0.15, 0.2) is 3.95 Å². The molecule has 0 radical (unpaired) electrons. The summed E-state index contributed by atoms with van der Waals surface area (Å²) >= 11 is 6.14. The number of carbonyl (C=O) groups is 3. The van der Waals surface area contributed by atoms with Crippen LogP contribution in [-0.4, -0.2) is 34.0 Å². The largest absolute Gasteiger partial charge is 0.340 e. The van der Waals surface area contributed by atoms with Crippen LogP contribution in [0.2, 0.25) is 0 Å². The average molecular weight is 526 g/mol. The number of aromatic nitrogens is 2. The zero-order valence-electron chi connectivity index (χ0n) is 21.0. The van der Waals surface area contributed by atoms with Crippen molar-refractivity contribution in [1.29, 1.82) is 0 Å². The maximum atomic E-state index is 13.0. The number of benzene rings is 2. The summed E-state index contributed by atoms with van der Waals surface area (Å²) in [5.74, 6) is -0.908. The SMILES string of the molecule is CC(C)C[C@@H](NC(=O)c1cccc(NC(=O)c2ccc(C(C)(C)C)cc2)c1)C(=O)Nc1n[nH]c(=S)s1. The minimum absolute atomic E-state index is 0.00590. The Kier molecular flexibility index (Phi) is 8.75. The molecule has 3 amide bonds. The first-order valence-corrected chi connectivity index (χ1v) is 12.8. The van der Waals surface area contributed by atoms with Gasteiger partial charge in [-0.25, -0.2) is 0 Å². The van der Waals surface area contributed by atoms with Gasteiger partial charge in [-0.15, -0.1) is 5.10 Å². The van der Waals surface area contributed by atoms with Crippen molar-refractivity contribution in [2.45, 2.75) is 52.5 Å². The predicted octanol–water partition coefficient (Wildman–Crippen LogP) is 5.53. The molecule has 0 spiro atoms. The second kappa shape index (κ2) is 11.6. The van der Waals surface area contributed by atoms with E-state index in [2.05, 4.69) is 46.9 Å². The van der Waals surface area contributed by atoms with Gasteiger partial charge < -0.3 is 10.6 Å². The molecule has 0 bridgehead atoms. The van der Waals surface area contributed by atoms with Crippen molar-refractivity contribution in [2.75, 3.05) is 10.6 Å². The number of anilines is 2. The minimum Gasteiger partial charge on any atom is -0.340 e. The van der Waals surface area contributed by atoms with Crippen molar-refractivity contribution in [3.63, 3.8) is 0 Å². The topological polar surface area (TPSA) is 116 Å². The van der Waals surface area contributed by atoms with Gasteiger partial charge in [-0.2, -0.15) is 0 Å². The first kappa shape index (κ1) is 27.2. The molecule has 0 aliphatic rings. The zero-order chi connectivity index (χ0) is 26.5.